The van der Waals surface area contributed by atoms with Crippen molar-refractivity contribution in [3.8, 4) is 10.7 Å². The summed E-state index contributed by atoms with van der Waals surface area (Å²) in [5.41, 5.74) is 0. The van der Waals surface area contributed by atoms with Crippen LogP contribution in [0, 0.1) is 0 Å². The van der Waals surface area contributed by atoms with Gasteiger partial charge < -0.3 is 9.84 Å². The van der Waals surface area contributed by atoms with Crippen molar-refractivity contribution >= 4 is 11.3 Å². The second kappa shape index (κ2) is 5.98. The van der Waals surface area contributed by atoms with E-state index in [9.17, 15) is 0 Å². The zero-order valence-corrected chi connectivity index (χ0v) is 11.9. The molecule has 0 fully saturated rings. The number of aromatic nitrogens is 4. The molecule has 0 saturated carbocycles. The highest BCUT2D eigenvalue weighted by molar-refractivity contribution is 7.13. The molecule has 0 aliphatic rings. The van der Waals surface area contributed by atoms with Crippen LogP contribution in [0.2, 0.25) is 0 Å². The van der Waals surface area contributed by atoms with Gasteiger partial charge in [-0.05, 0) is 24.4 Å². The molecule has 0 bridgehead atoms. The van der Waals surface area contributed by atoms with Crippen LogP contribution in [-0.4, -0.2) is 26.0 Å². The van der Waals surface area contributed by atoms with E-state index in [1.807, 2.05) is 34.5 Å². The number of thiophene rings is 1. The molecular formula is C13H15N5OS. The van der Waals surface area contributed by atoms with Crippen molar-refractivity contribution in [2.45, 2.75) is 26.1 Å². The zero-order chi connectivity index (χ0) is 13.8. The summed E-state index contributed by atoms with van der Waals surface area (Å²) in [6.45, 7) is 3.46. The van der Waals surface area contributed by atoms with Crippen LogP contribution in [0.5, 0.6) is 0 Å². The summed E-state index contributed by atoms with van der Waals surface area (Å²) in [6.07, 6.45) is 3.72. The first kappa shape index (κ1) is 13.0. The van der Waals surface area contributed by atoms with Gasteiger partial charge in [0.2, 0.25) is 11.7 Å². The van der Waals surface area contributed by atoms with E-state index in [-0.39, 0.29) is 6.04 Å². The number of rotatable bonds is 6. The molecule has 6 nitrogen and oxygen atoms in total. The number of hydrogen-bond acceptors (Lipinski definition) is 6. The van der Waals surface area contributed by atoms with Crippen molar-refractivity contribution in [1.82, 2.24) is 25.2 Å². The maximum atomic E-state index is 5.23. The molecule has 3 rings (SSSR count). The Bertz CT molecular complexity index is 632. The number of nitrogens with one attached hydrogen (secondary N) is 1. The van der Waals surface area contributed by atoms with Crippen molar-refractivity contribution in [3.63, 3.8) is 0 Å². The first-order chi connectivity index (χ1) is 9.81. The monoisotopic (exact) mass is 289 g/mol. The van der Waals surface area contributed by atoms with E-state index in [1.54, 1.807) is 17.5 Å². The summed E-state index contributed by atoms with van der Waals surface area (Å²) in [6, 6.07) is 6.14. The average molecular weight is 289 g/mol. The highest BCUT2D eigenvalue weighted by Gasteiger charge is 2.10. The van der Waals surface area contributed by atoms with E-state index >= 15 is 0 Å². The normalized spacial score (nSPS) is 12.7. The lowest BCUT2D eigenvalue weighted by atomic mass is 10.3. The van der Waals surface area contributed by atoms with Crippen LogP contribution >= 0.6 is 11.3 Å². The summed E-state index contributed by atoms with van der Waals surface area (Å²) >= 11 is 1.60. The lowest BCUT2D eigenvalue weighted by Gasteiger charge is -2.11. The van der Waals surface area contributed by atoms with E-state index in [1.165, 1.54) is 0 Å². The second-order valence-corrected chi connectivity index (χ2v) is 5.45. The highest BCUT2D eigenvalue weighted by atomic mass is 32.1. The van der Waals surface area contributed by atoms with Crippen molar-refractivity contribution in [1.29, 1.82) is 0 Å². The van der Waals surface area contributed by atoms with Gasteiger partial charge in [-0.1, -0.05) is 11.2 Å². The van der Waals surface area contributed by atoms with Crippen LogP contribution in [0.3, 0.4) is 0 Å². The van der Waals surface area contributed by atoms with Gasteiger partial charge in [0.1, 0.15) is 0 Å². The van der Waals surface area contributed by atoms with Gasteiger partial charge in [-0.15, -0.1) is 11.3 Å². The fourth-order valence-electron chi connectivity index (χ4n) is 1.85. The zero-order valence-electron chi connectivity index (χ0n) is 11.1. The van der Waals surface area contributed by atoms with Gasteiger partial charge in [0.25, 0.3) is 0 Å². The molecule has 3 aromatic rings. The molecule has 1 atom stereocenters. The molecule has 3 heterocycles. The largest absolute Gasteiger partial charge is 0.338 e. The Labute approximate surface area is 120 Å². The van der Waals surface area contributed by atoms with Crippen molar-refractivity contribution in [2.24, 2.45) is 0 Å². The maximum absolute atomic E-state index is 5.23. The smallest absolute Gasteiger partial charge is 0.240 e. The third-order valence-electron chi connectivity index (χ3n) is 2.83. The molecule has 0 saturated heterocycles. The molecule has 0 aromatic carbocycles. The number of hydrogen-bond donors (Lipinski definition) is 1. The van der Waals surface area contributed by atoms with E-state index in [2.05, 4.69) is 27.5 Å². The van der Waals surface area contributed by atoms with E-state index in [4.69, 9.17) is 4.52 Å². The third-order valence-corrected chi connectivity index (χ3v) is 3.70. The molecular weight excluding hydrogens is 274 g/mol. The molecule has 20 heavy (non-hydrogen) atoms. The minimum absolute atomic E-state index is 0.270. The molecule has 0 aliphatic heterocycles. The highest BCUT2D eigenvalue weighted by Crippen LogP contribution is 2.21. The number of nitrogens with zero attached hydrogens (tertiary/aromatic N) is 4. The third kappa shape index (κ3) is 3.12. The summed E-state index contributed by atoms with van der Waals surface area (Å²) in [5.74, 6) is 1.25. The Balaban J connectivity index is 1.53. The van der Waals surface area contributed by atoms with Gasteiger partial charge in [-0.2, -0.15) is 10.1 Å². The summed E-state index contributed by atoms with van der Waals surface area (Å²) in [7, 11) is 0. The van der Waals surface area contributed by atoms with Crippen molar-refractivity contribution in [3.05, 3.63) is 41.9 Å². The Morgan fingerprint density at radius 2 is 2.40 bits per heavy atom. The fourth-order valence-corrected chi connectivity index (χ4v) is 2.50. The van der Waals surface area contributed by atoms with E-state index < -0.39 is 0 Å². The molecule has 1 N–H and O–H groups in total. The van der Waals surface area contributed by atoms with Crippen LogP contribution in [0.4, 0.5) is 0 Å². The van der Waals surface area contributed by atoms with E-state index in [0.29, 0.717) is 18.3 Å². The van der Waals surface area contributed by atoms with Crippen LogP contribution in [0.15, 0.2) is 40.5 Å². The SMILES string of the molecule is C[C@@H](Cn1cccn1)NCc1nc(-c2cccs2)no1. The van der Waals surface area contributed by atoms with Crippen molar-refractivity contribution < 1.29 is 4.52 Å². The molecule has 0 radical (unpaired) electrons. The quantitative estimate of drug-likeness (QED) is 0.753. The molecule has 0 aliphatic carbocycles. The predicted molar refractivity (Wildman–Crippen MR) is 76.1 cm³/mol. The summed E-state index contributed by atoms with van der Waals surface area (Å²) in [4.78, 5) is 5.39. The van der Waals surface area contributed by atoms with Gasteiger partial charge in [0, 0.05) is 18.4 Å². The first-order valence-electron chi connectivity index (χ1n) is 6.38. The summed E-state index contributed by atoms with van der Waals surface area (Å²) in [5, 5.41) is 13.5. The average Bonchev–Trinajstić information content (AvgIpc) is 3.18. The Morgan fingerprint density at radius 1 is 1.45 bits per heavy atom. The second-order valence-electron chi connectivity index (χ2n) is 4.50. The van der Waals surface area contributed by atoms with E-state index in [0.717, 1.165) is 11.4 Å². The molecule has 0 spiro atoms. The maximum Gasteiger partial charge on any atom is 0.240 e. The Hall–Kier alpha value is -1.99. The van der Waals surface area contributed by atoms with Crippen LogP contribution in [-0.2, 0) is 13.1 Å². The minimum Gasteiger partial charge on any atom is -0.338 e. The molecule has 0 unspecified atom stereocenters. The Kier molecular flexibility index (Phi) is 3.89. The van der Waals surface area contributed by atoms with Gasteiger partial charge >= 0.3 is 0 Å². The fraction of sp³-hybridized carbons (Fsp3) is 0.308. The molecule has 104 valence electrons. The van der Waals surface area contributed by atoms with Crippen LogP contribution in [0.25, 0.3) is 10.7 Å². The predicted octanol–water partition coefficient (Wildman–Crippen LogP) is 2.17. The molecule has 0 amide bonds. The molecule has 3 aromatic heterocycles. The van der Waals surface area contributed by atoms with Crippen LogP contribution in [0.1, 0.15) is 12.8 Å². The lowest BCUT2D eigenvalue weighted by Crippen LogP contribution is -2.30. The Morgan fingerprint density at radius 3 is 3.15 bits per heavy atom. The van der Waals surface area contributed by atoms with Gasteiger partial charge in [-0.25, -0.2) is 0 Å². The molecule has 7 heteroatoms. The van der Waals surface area contributed by atoms with Gasteiger partial charge in [-0.3, -0.25) is 4.68 Å². The topological polar surface area (TPSA) is 68.8 Å². The van der Waals surface area contributed by atoms with Gasteiger partial charge in [0.15, 0.2) is 0 Å². The summed E-state index contributed by atoms with van der Waals surface area (Å²) < 4.78 is 7.13. The van der Waals surface area contributed by atoms with Gasteiger partial charge in [0.05, 0.1) is 18.0 Å². The first-order valence-corrected chi connectivity index (χ1v) is 7.26. The minimum atomic E-state index is 0.270. The lowest BCUT2D eigenvalue weighted by molar-refractivity contribution is 0.350. The van der Waals surface area contributed by atoms with Crippen LogP contribution < -0.4 is 5.32 Å². The standard InChI is InChI=1S/C13H15N5OS/c1-10(9-18-6-3-5-15-18)14-8-12-16-13(17-19-12)11-4-2-7-20-11/h2-7,10,14H,8-9H2,1H3/t10-/m0/s1. The van der Waals surface area contributed by atoms with Crippen molar-refractivity contribution in [2.75, 3.05) is 0 Å².